The lowest BCUT2D eigenvalue weighted by molar-refractivity contribution is -0.137. The van der Waals surface area contributed by atoms with E-state index >= 15 is 0 Å². The van der Waals surface area contributed by atoms with E-state index in [-0.39, 0.29) is 24.3 Å². The number of nitrogens with zero attached hydrogens (tertiary/aromatic N) is 3. The van der Waals surface area contributed by atoms with Gasteiger partial charge < -0.3 is 24.8 Å². The van der Waals surface area contributed by atoms with Crippen molar-refractivity contribution in [3.05, 3.63) is 64.1 Å². The minimum atomic E-state index is -0.821. The van der Waals surface area contributed by atoms with Crippen LogP contribution >= 0.6 is 23.2 Å². The molecule has 0 radical (unpaired) electrons. The monoisotopic (exact) mass is 532 g/mol. The quantitative estimate of drug-likeness (QED) is 0.526. The molecule has 36 heavy (non-hydrogen) atoms. The Balaban J connectivity index is 1.49. The molecule has 192 valence electrons. The molecule has 0 unspecified atom stereocenters. The zero-order chi connectivity index (χ0) is 25.7. The van der Waals surface area contributed by atoms with Crippen molar-refractivity contribution in [2.24, 2.45) is 0 Å². The third-order valence-electron chi connectivity index (χ3n) is 6.80. The van der Waals surface area contributed by atoms with Crippen LogP contribution in [0.2, 0.25) is 10.0 Å². The van der Waals surface area contributed by atoms with Gasteiger partial charge in [-0.3, -0.25) is 14.4 Å². The molecule has 2 heterocycles. The van der Waals surface area contributed by atoms with Gasteiger partial charge in [0.1, 0.15) is 12.1 Å². The molecule has 10 heteroatoms. The molecule has 8 nitrogen and oxygen atoms in total. The molecule has 0 saturated carbocycles. The first-order valence-corrected chi connectivity index (χ1v) is 12.7. The number of likely N-dealkylation sites (tertiary alicyclic amines) is 1. The Hall–Kier alpha value is -2.81. The summed E-state index contributed by atoms with van der Waals surface area (Å²) < 4.78 is 5.01. The molecule has 4 rings (SSSR count). The van der Waals surface area contributed by atoms with Crippen LogP contribution in [0.15, 0.2) is 48.5 Å². The topological polar surface area (TPSA) is 82.2 Å². The summed E-state index contributed by atoms with van der Waals surface area (Å²) in [6.07, 6.45) is 1.60. The van der Waals surface area contributed by atoms with Crippen molar-refractivity contribution in [3.8, 4) is 0 Å². The highest BCUT2D eigenvalue weighted by Gasteiger charge is 2.54. The fraction of sp³-hybridized carbons (Fsp3) is 0.423. The third kappa shape index (κ3) is 5.45. The molecule has 0 aromatic heterocycles. The number of anilines is 1. The Labute approximate surface area is 221 Å². The molecule has 0 atom stereocenters. The lowest BCUT2D eigenvalue weighted by Crippen LogP contribution is -2.57. The smallest absolute Gasteiger partial charge is 0.255 e. The van der Waals surface area contributed by atoms with E-state index in [2.05, 4.69) is 10.2 Å². The number of carbonyl (C=O) groups is 3. The number of hydrogen-bond donors (Lipinski definition) is 1. The third-order valence-corrected chi connectivity index (χ3v) is 7.35. The first-order chi connectivity index (χ1) is 17.4. The van der Waals surface area contributed by atoms with Crippen molar-refractivity contribution < 1.29 is 19.1 Å². The number of ether oxygens (including phenoxy) is 1. The predicted molar refractivity (Wildman–Crippen MR) is 139 cm³/mol. The summed E-state index contributed by atoms with van der Waals surface area (Å²) in [7, 11) is 1.62. The van der Waals surface area contributed by atoms with E-state index in [4.69, 9.17) is 27.9 Å². The van der Waals surface area contributed by atoms with Gasteiger partial charge in [0.2, 0.25) is 5.91 Å². The van der Waals surface area contributed by atoms with E-state index in [0.717, 1.165) is 5.69 Å². The highest BCUT2D eigenvalue weighted by atomic mass is 35.5. The molecule has 1 spiro atoms. The standard InChI is InChI=1S/C26H30Cl2N4O4/c1-36-15-5-12-29-23(33)17-31-18-32(20-6-3-2-4-7-20)26(25(31)35)10-13-30(14-11-26)24(34)21-9-8-19(27)16-22(21)28/h2-4,6-9,16H,5,10-15,17-18H2,1H3,(H,29,33). The second kappa shape index (κ2) is 11.5. The number of rotatable bonds is 8. The van der Waals surface area contributed by atoms with E-state index in [1.807, 2.05) is 30.3 Å². The number of amides is 3. The largest absolute Gasteiger partial charge is 0.385 e. The molecule has 3 amide bonds. The summed E-state index contributed by atoms with van der Waals surface area (Å²) in [5, 5.41) is 3.62. The summed E-state index contributed by atoms with van der Waals surface area (Å²) in [4.78, 5) is 44.9. The van der Waals surface area contributed by atoms with Gasteiger partial charge in [-0.2, -0.15) is 0 Å². The van der Waals surface area contributed by atoms with Crippen molar-refractivity contribution in [2.75, 3.05) is 51.5 Å². The van der Waals surface area contributed by atoms with Crippen molar-refractivity contribution in [2.45, 2.75) is 24.8 Å². The van der Waals surface area contributed by atoms with Crippen molar-refractivity contribution in [3.63, 3.8) is 0 Å². The average molecular weight is 533 g/mol. The van der Waals surface area contributed by atoms with Crippen LogP contribution in [0.4, 0.5) is 5.69 Å². The molecular formula is C26H30Cl2N4O4. The van der Waals surface area contributed by atoms with E-state index in [1.54, 1.807) is 35.1 Å². The molecule has 2 aliphatic heterocycles. The maximum atomic E-state index is 13.8. The molecule has 2 saturated heterocycles. The summed E-state index contributed by atoms with van der Waals surface area (Å²) in [6.45, 7) is 2.13. The molecule has 0 aliphatic carbocycles. The van der Waals surface area contributed by atoms with E-state index in [9.17, 15) is 14.4 Å². The normalized spacial score (nSPS) is 17.1. The Kier molecular flexibility index (Phi) is 8.39. The number of piperidine rings is 1. The number of carbonyl (C=O) groups excluding carboxylic acids is 3. The van der Waals surface area contributed by atoms with Crippen molar-refractivity contribution in [1.82, 2.24) is 15.1 Å². The van der Waals surface area contributed by atoms with Crippen molar-refractivity contribution in [1.29, 1.82) is 0 Å². The Morgan fingerprint density at radius 2 is 1.81 bits per heavy atom. The number of hydrogen-bond acceptors (Lipinski definition) is 5. The maximum Gasteiger partial charge on any atom is 0.255 e. The van der Waals surface area contributed by atoms with Gasteiger partial charge in [0.15, 0.2) is 0 Å². The van der Waals surface area contributed by atoms with E-state index in [1.165, 1.54) is 0 Å². The molecule has 1 N–H and O–H groups in total. The zero-order valence-corrected chi connectivity index (χ0v) is 21.7. The van der Waals surface area contributed by atoms with Crippen molar-refractivity contribution >= 4 is 46.6 Å². The average Bonchev–Trinajstić information content (AvgIpc) is 3.13. The summed E-state index contributed by atoms with van der Waals surface area (Å²) in [5.41, 5.74) is 0.481. The van der Waals surface area contributed by atoms with Gasteiger partial charge in [-0.05, 0) is 49.6 Å². The number of benzene rings is 2. The van der Waals surface area contributed by atoms with Crippen LogP contribution in [0.5, 0.6) is 0 Å². The summed E-state index contributed by atoms with van der Waals surface area (Å²) in [6, 6.07) is 14.5. The highest BCUT2D eigenvalue weighted by Crippen LogP contribution is 2.40. The van der Waals surface area contributed by atoms with Crippen LogP contribution in [-0.2, 0) is 14.3 Å². The van der Waals surface area contributed by atoms with Gasteiger partial charge in [0, 0.05) is 44.1 Å². The van der Waals surface area contributed by atoms with Crippen LogP contribution in [0.25, 0.3) is 0 Å². The first-order valence-electron chi connectivity index (χ1n) is 12.0. The lowest BCUT2D eigenvalue weighted by atomic mass is 9.85. The van der Waals surface area contributed by atoms with E-state index < -0.39 is 5.54 Å². The fourth-order valence-corrected chi connectivity index (χ4v) is 5.40. The SMILES string of the molecule is COCCCNC(=O)CN1CN(c2ccccc2)C2(CCN(C(=O)c3ccc(Cl)cc3Cl)CC2)C1=O. The van der Waals surface area contributed by atoms with Crippen LogP contribution in [0.1, 0.15) is 29.6 Å². The molecule has 2 fully saturated rings. The molecule has 2 aromatic carbocycles. The minimum Gasteiger partial charge on any atom is -0.385 e. The van der Waals surface area contributed by atoms with Gasteiger partial charge in [0.25, 0.3) is 11.8 Å². The summed E-state index contributed by atoms with van der Waals surface area (Å²) >= 11 is 12.2. The fourth-order valence-electron chi connectivity index (χ4n) is 4.91. The molecule has 2 aromatic rings. The molecule has 2 aliphatic rings. The summed E-state index contributed by atoms with van der Waals surface area (Å²) in [5.74, 6) is -0.472. The maximum absolute atomic E-state index is 13.8. The molecular weight excluding hydrogens is 503 g/mol. The number of para-hydroxylation sites is 1. The zero-order valence-electron chi connectivity index (χ0n) is 20.2. The Morgan fingerprint density at radius 1 is 1.08 bits per heavy atom. The van der Waals surface area contributed by atoms with Gasteiger partial charge >= 0.3 is 0 Å². The van der Waals surface area contributed by atoms with Crippen LogP contribution in [0, 0.1) is 0 Å². The van der Waals surface area contributed by atoms with Gasteiger partial charge in [-0.15, -0.1) is 0 Å². The predicted octanol–water partition coefficient (Wildman–Crippen LogP) is 3.43. The van der Waals surface area contributed by atoms with Crippen LogP contribution < -0.4 is 10.2 Å². The second-order valence-corrected chi connectivity index (χ2v) is 9.90. The number of nitrogens with one attached hydrogen (secondary N) is 1. The second-order valence-electron chi connectivity index (χ2n) is 9.05. The van der Waals surface area contributed by atoms with Gasteiger partial charge in [0.05, 0.1) is 17.3 Å². The Bertz CT molecular complexity index is 1110. The number of methoxy groups -OCH3 is 1. The van der Waals surface area contributed by atoms with E-state index in [0.29, 0.717) is 67.8 Å². The van der Waals surface area contributed by atoms with Crippen LogP contribution in [-0.4, -0.2) is 79.6 Å². The first kappa shape index (κ1) is 26.3. The molecule has 0 bridgehead atoms. The van der Waals surface area contributed by atoms with Crippen LogP contribution in [0.3, 0.4) is 0 Å². The minimum absolute atomic E-state index is 0.0140. The van der Waals surface area contributed by atoms with Gasteiger partial charge in [-0.25, -0.2) is 0 Å². The number of halogens is 2. The Morgan fingerprint density at radius 3 is 2.47 bits per heavy atom. The highest BCUT2D eigenvalue weighted by molar-refractivity contribution is 6.36. The lowest BCUT2D eigenvalue weighted by Gasteiger charge is -2.43. The van der Waals surface area contributed by atoms with Gasteiger partial charge in [-0.1, -0.05) is 41.4 Å².